The van der Waals surface area contributed by atoms with Crippen molar-refractivity contribution in [2.24, 2.45) is 11.8 Å². The zero-order valence-corrected chi connectivity index (χ0v) is 13.4. The maximum atomic E-state index is 13.4. The first kappa shape index (κ1) is 14.8. The largest absolute Gasteiger partial charge is 0.351 e. The molecule has 0 amide bonds. The lowest BCUT2D eigenvalue weighted by molar-refractivity contribution is 0.494. The average molecular weight is 333 g/mol. The van der Waals surface area contributed by atoms with Crippen molar-refractivity contribution in [1.29, 1.82) is 0 Å². The molecular weight excluding hydrogens is 315 g/mol. The Labute approximate surface area is 139 Å². The summed E-state index contributed by atoms with van der Waals surface area (Å²) in [6, 6.07) is 4.73. The van der Waals surface area contributed by atoms with Crippen molar-refractivity contribution >= 4 is 17.5 Å². The van der Waals surface area contributed by atoms with E-state index in [-0.39, 0.29) is 5.82 Å². The Morgan fingerprint density at radius 3 is 2.52 bits per heavy atom. The van der Waals surface area contributed by atoms with E-state index in [9.17, 15) is 4.39 Å². The van der Waals surface area contributed by atoms with E-state index in [1.54, 1.807) is 18.5 Å². The third-order valence-electron chi connectivity index (χ3n) is 4.88. The molecule has 2 N–H and O–H groups in total. The van der Waals surface area contributed by atoms with Gasteiger partial charge in [0.25, 0.3) is 0 Å². The van der Waals surface area contributed by atoms with Gasteiger partial charge in [-0.15, -0.1) is 0 Å². The van der Waals surface area contributed by atoms with E-state index >= 15 is 0 Å². The van der Waals surface area contributed by atoms with E-state index in [2.05, 4.69) is 20.6 Å². The number of anilines is 1. The molecule has 3 atom stereocenters. The van der Waals surface area contributed by atoms with E-state index < -0.39 is 0 Å². The lowest BCUT2D eigenvalue weighted by Crippen LogP contribution is -2.21. The molecule has 0 radical (unpaired) electrons. The fraction of sp³-hybridized carbons (Fsp3) is 0.412. The van der Waals surface area contributed by atoms with Gasteiger partial charge in [0.1, 0.15) is 5.82 Å². The number of fused-ring (bicyclic) bond motifs is 1. The van der Waals surface area contributed by atoms with Crippen LogP contribution in [0.25, 0.3) is 11.1 Å². The minimum Gasteiger partial charge on any atom is -0.351 e. The number of benzene rings is 1. The van der Waals surface area contributed by atoms with Crippen LogP contribution in [0.5, 0.6) is 0 Å². The molecule has 1 saturated heterocycles. The summed E-state index contributed by atoms with van der Waals surface area (Å²) in [6.45, 7) is 2.25. The molecule has 1 unspecified atom stereocenters. The molecule has 2 aromatic rings. The summed E-state index contributed by atoms with van der Waals surface area (Å²) in [5.74, 6) is 1.85. The van der Waals surface area contributed by atoms with E-state index in [1.807, 2.05) is 0 Å². The number of hydrogen-bond donors (Lipinski definition) is 2. The van der Waals surface area contributed by atoms with Crippen molar-refractivity contribution < 1.29 is 4.39 Å². The van der Waals surface area contributed by atoms with E-state index in [4.69, 9.17) is 11.6 Å². The lowest BCUT2D eigenvalue weighted by atomic mass is 10.0. The summed E-state index contributed by atoms with van der Waals surface area (Å²) in [5, 5.41) is 7.35. The maximum Gasteiger partial charge on any atom is 0.222 e. The highest BCUT2D eigenvalue weighted by atomic mass is 35.5. The predicted octanol–water partition coefficient (Wildman–Crippen LogP) is 3.35. The van der Waals surface area contributed by atoms with Crippen LogP contribution in [-0.4, -0.2) is 29.1 Å². The maximum absolute atomic E-state index is 13.4. The van der Waals surface area contributed by atoms with Gasteiger partial charge in [0.15, 0.2) is 0 Å². The molecule has 2 heterocycles. The van der Waals surface area contributed by atoms with Gasteiger partial charge in [-0.05, 0) is 56.0 Å². The zero-order chi connectivity index (χ0) is 15.8. The molecule has 120 valence electrons. The molecule has 0 bridgehead atoms. The number of nitrogens with one attached hydrogen (secondary N) is 2. The van der Waals surface area contributed by atoms with E-state index in [0.717, 1.165) is 24.9 Å². The van der Waals surface area contributed by atoms with Crippen LogP contribution in [0.3, 0.4) is 0 Å². The van der Waals surface area contributed by atoms with Crippen LogP contribution in [0.2, 0.25) is 5.02 Å². The SMILES string of the molecule is Fc1ccc(Cl)c(-c2cnc(NC3C[C@H]4CNC[C@H]4C3)nc2)c1. The molecule has 2 fully saturated rings. The highest BCUT2D eigenvalue weighted by Crippen LogP contribution is 2.35. The number of aromatic nitrogens is 2. The lowest BCUT2D eigenvalue weighted by Gasteiger charge is -2.14. The Kier molecular flexibility index (Phi) is 3.91. The second kappa shape index (κ2) is 6.06. The summed E-state index contributed by atoms with van der Waals surface area (Å²) < 4.78 is 13.4. The first-order valence-corrected chi connectivity index (χ1v) is 8.31. The smallest absolute Gasteiger partial charge is 0.222 e. The van der Waals surface area contributed by atoms with Gasteiger partial charge in [0, 0.05) is 34.6 Å². The molecule has 1 saturated carbocycles. The van der Waals surface area contributed by atoms with Gasteiger partial charge < -0.3 is 10.6 Å². The normalized spacial score (nSPS) is 26.3. The first-order valence-electron chi connectivity index (χ1n) is 7.94. The number of hydrogen-bond acceptors (Lipinski definition) is 4. The van der Waals surface area contributed by atoms with Gasteiger partial charge in [-0.2, -0.15) is 0 Å². The Bertz CT molecular complexity index is 694. The van der Waals surface area contributed by atoms with Gasteiger partial charge in [-0.1, -0.05) is 11.6 Å². The average Bonchev–Trinajstić information content (AvgIpc) is 3.12. The highest BCUT2D eigenvalue weighted by molar-refractivity contribution is 6.33. The van der Waals surface area contributed by atoms with E-state index in [0.29, 0.717) is 28.1 Å². The van der Waals surface area contributed by atoms with Crippen molar-refractivity contribution in [2.75, 3.05) is 18.4 Å². The van der Waals surface area contributed by atoms with Gasteiger partial charge >= 0.3 is 0 Å². The number of nitrogens with zero attached hydrogens (tertiary/aromatic N) is 2. The minimum absolute atomic E-state index is 0.322. The minimum atomic E-state index is -0.322. The van der Waals surface area contributed by atoms with Crippen molar-refractivity contribution in [3.05, 3.63) is 41.4 Å². The summed E-state index contributed by atoms with van der Waals surface area (Å²) in [5.41, 5.74) is 1.33. The van der Waals surface area contributed by atoms with Crippen molar-refractivity contribution in [3.8, 4) is 11.1 Å². The van der Waals surface area contributed by atoms with Crippen LogP contribution in [0.1, 0.15) is 12.8 Å². The van der Waals surface area contributed by atoms with E-state index in [1.165, 1.54) is 25.0 Å². The topological polar surface area (TPSA) is 49.8 Å². The van der Waals surface area contributed by atoms with Crippen LogP contribution >= 0.6 is 11.6 Å². The summed E-state index contributed by atoms with van der Waals surface area (Å²) in [4.78, 5) is 8.73. The Morgan fingerprint density at radius 2 is 1.83 bits per heavy atom. The first-order chi connectivity index (χ1) is 11.2. The summed E-state index contributed by atoms with van der Waals surface area (Å²) >= 11 is 6.12. The molecule has 1 aromatic carbocycles. The molecule has 0 spiro atoms. The molecule has 1 aliphatic carbocycles. The van der Waals surface area contributed by atoms with Gasteiger partial charge in [-0.25, -0.2) is 14.4 Å². The standard InChI is InChI=1S/C17H18ClFN4/c18-16-2-1-13(19)5-15(16)12-8-21-17(22-9-12)23-14-3-10-6-20-7-11(10)4-14/h1-2,5,8-11,14,20H,3-4,6-7H2,(H,21,22,23)/t10-,11+,14?. The molecule has 1 aliphatic heterocycles. The number of halogens is 2. The van der Waals surface area contributed by atoms with Gasteiger partial charge in [-0.3, -0.25) is 0 Å². The fourth-order valence-corrected chi connectivity index (χ4v) is 3.95. The van der Waals surface area contributed by atoms with Gasteiger partial charge in [0.05, 0.1) is 0 Å². The highest BCUT2D eigenvalue weighted by Gasteiger charge is 2.37. The van der Waals surface area contributed by atoms with Crippen LogP contribution in [0.4, 0.5) is 10.3 Å². The molecule has 23 heavy (non-hydrogen) atoms. The fourth-order valence-electron chi connectivity index (χ4n) is 3.73. The Hall–Kier alpha value is -1.72. The molecule has 1 aromatic heterocycles. The molecule has 6 heteroatoms. The molecule has 4 nitrogen and oxygen atoms in total. The second-order valence-electron chi connectivity index (χ2n) is 6.41. The second-order valence-corrected chi connectivity index (χ2v) is 6.82. The zero-order valence-electron chi connectivity index (χ0n) is 12.6. The summed E-state index contributed by atoms with van der Waals surface area (Å²) in [6.07, 6.45) is 5.71. The summed E-state index contributed by atoms with van der Waals surface area (Å²) in [7, 11) is 0. The molecule has 2 aliphatic rings. The van der Waals surface area contributed by atoms with Crippen LogP contribution in [0.15, 0.2) is 30.6 Å². The Morgan fingerprint density at radius 1 is 1.13 bits per heavy atom. The Balaban J connectivity index is 1.47. The van der Waals surface area contributed by atoms with Crippen molar-refractivity contribution in [3.63, 3.8) is 0 Å². The van der Waals surface area contributed by atoms with Gasteiger partial charge in [0.2, 0.25) is 5.95 Å². The van der Waals surface area contributed by atoms with Crippen LogP contribution < -0.4 is 10.6 Å². The third kappa shape index (κ3) is 3.03. The van der Waals surface area contributed by atoms with Crippen LogP contribution in [0, 0.1) is 17.7 Å². The van der Waals surface area contributed by atoms with Crippen molar-refractivity contribution in [1.82, 2.24) is 15.3 Å². The van der Waals surface area contributed by atoms with Crippen LogP contribution in [-0.2, 0) is 0 Å². The molecule has 4 rings (SSSR count). The molecular formula is C17H18ClFN4. The predicted molar refractivity (Wildman–Crippen MR) is 88.9 cm³/mol. The quantitative estimate of drug-likeness (QED) is 0.905. The monoisotopic (exact) mass is 332 g/mol. The number of rotatable bonds is 3. The van der Waals surface area contributed by atoms with Crippen molar-refractivity contribution in [2.45, 2.75) is 18.9 Å². The third-order valence-corrected chi connectivity index (χ3v) is 5.21.